The highest BCUT2D eigenvalue weighted by Crippen LogP contribution is 2.24. The number of carboxylic acid groups (broad SMARTS) is 1. The number of carboxylic acids is 1. The van der Waals surface area contributed by atoms with Gasteiger partial charge in [-0.15, -0.1) is 0 Å². The van der Waals surface area contributed by atoms with E-state index in [2.05, 4.69) is 0 Å². The Morgan fingerprint density at radius 3 is 2.75 bits per heavy atom. The Kier molecular flexibility index (Phi) is 6.63. The van der Waals surface area contributed by atoms with E-state index in [1.165, 1.54) is 18.1 Å². The average molecular weight is 354 g/mol. The van der Waals surface area contributed by atoms with Crippen molar-refractivity contribution in [2.75, 3.05) is 26.9 Å². The Balaban J connectivity index is 2.17. The molecule has 0 atom stereocenters. The minimum Gasteiger partial charge on any atom is -0.496 e. The fourth-order valence-corrected chi connectivity index (χ4v) is 2.80. The van der Waals surface area contributed by atoms with E-state index in [9.17, 15) is 9.59 Å². The summed E-state index contributed by atoms with van der Waals surface area (Å²) < 4.78 is 10.5. The molecule has 0 aliphatic carbocycles. The van der Waals surface area contributed by atoms with Gasteiger partial charge in [0.15, 0.2) is 0 Å². The topological polar surface area (TPSA) is 76.1 Å². The van der Waals surface area contributed by atoms with Crippen LogP contribution in [0.2, 0.25) is 5.02 Å². The zero-order chi connectivity index (χ0) is 17.5. The van der Waals surface area contributed by atoms with E-state index >= 15 is 0 Å². The summed E-state index contributed by atoms with van der Waals surface area (Å²) in [5.41, 5.74) is 0.653. The Bertz CT molecular complexity index is 625. The zero-order valence-corrected chi connectivity index (χ0v) is 14.2. The van der Waals surface area contributed by atoms with Gasteiger partial charge in [-0.05, 0) is 37.1 Å². The highest BCUT2D eigenvalue weighted by molar-refractivity contribution is 6.30. The van der Waals surface area contributed by atoms with Crippen molar-refractivity contribution in [1.82, 2.24) is 4.90 Å². The van der Waals surface area contributed by atoms with E-state index in [4.69, 9.17) is 26.2 Å². The van der Waals surface area contributed by atoms with Gasteiger partial charge in [0.1, 0.15) is 12.3 Å². The van der Waals surface area contributed by atoms with Crippen LogP contribution >= 0.6 is 11.6 Å². The maximum Gasteiger partial charge on any atom is 0.323 e. The predicted octanol–water partition coefficient (Wildman–Crippen LogP) is 2.45. The van der Waals surface area contributed by atoms with E-state index < -0.39 is 5.97 Å². The number of rotatable bonds is 6. The van der Waals surface area contributed by atoms with Crippen molar-refractivity contribution in [2.24, 2.45) is 0 Å². The largest absolute Gasteiger partial charge is 0.496 e. The van der Waals surface area contributed by atoms with Gasteiger partial charge in [-0.2, -0.15) is 0 Å². The van der Waals surface area contributed by atoms with Crippen molar-refractivity contribution in [3.63, 3.8) is 0 Å². The van der Waals surface area contributed by atoms with Crippen molar-refractivity contribution in [1.29, 1.82) is 0 Å². The first kappa shape index (κ1) is 18.3. The minimum atomic E-state index is -1.04. The summed E-state index contributed by atoms with van der Waals surface area (Å²) in [6, 6.07) is 4.95. The molecular weight excluding hydrogens is 334 g/mol. The summed E-state index contributed by atoms with van der Waals surface area (Å²) >= 11 is 5.97. The molecule has 0 aromatic heterocycles. The third-order valence-electron chi connectivity index (χ3n) is 3.82. The fraction of sp³-hybridized carbons (Fsp3) is 0.412. The van der Waals surface area contributed by atoms with Crippen LogP contribution in [0.3, 0.4) is 0 Å². The summed E-state index contributed by atoms with van der Waals surface area (Å²) in [5, 5.41) is 9.60. The minimum absolute atomic E-state index is 0.131. The number of aliphatic carboxylic acids is 1. The number of hydrogen-bond acceptors (Lipinski definition) is 4. The van der Waals surface area contributed by atoms with Crippen LogP contribution in [-0.4, -0.2) is 54.8 Å². The molecule has 0 unspecified atom stereocenters. The van der Waals surface area contributed by atoms with Crippen LogP contribution in [0.5, 0.6) is 5.75 Å². The molecular formula is C17H20ClNO5. The number of nitrogens with zero attached hydrogens (tertiary/aromatic N) is 1. The normalized spacial score (nSPS) is 15.4. The number of benzene rings is 1. The second kappa shape index (κ2) is 8.70. The van der Waals surface area contributed by atoms with Crippen LogP contribution in [0.25, 0.3) is 6.08 Å². The Labute approximate surface area is 145 Å². The van der Waals surface area contributed by atoms with E-state index in [-0.39, 0.29) is 18.5 Å². The first-order chi connectivity index (χ1) is 11.5. The zero-order valence-electron chi connectivity index (χ0n) is 13.4. The highest BCUT2D eigenvalue weighted by Gasteiger charge is 2.26. The molecule has 1 saturated heterocycles. The third-order valence-corrected chi connectivity index (χ3v) is 4.05. The van der Waals surface area contributed by atoms with Crippen molar-refractivity contribution in [3.05, 3.63) is 34.9 Å². The third kappa shape index (κ3) is 4.97. The van der Waals surface area contributed by atoms with Crippen LogP contribution < -0.4 is 4.74 Å². The first-order valence-corrected chi connectivity index (χ1v) is 8.01. The SMILES string of the molecule is COc1ccc(Cl)cc1/C=C/C(=O)N(CC(=O)O)C1CCOCC1. The Morgan fingerprint density at radius 1 is 1.42 bits per heavy atom. The number of halogens is 1. The fourth-order valence-electron chi connectivity index (χ4n) is 2.62. The van der Waals surface area contributed by atoms with Crippen molar-refractivity contribution in [3.8, 4) is 5.75 Å². The molecule has 2 rings (SSSR count). The second-order valence-electron chi connectivity index (χ2n) is 5.42. The molecule has 1 amide bonds. The molecule has 1 aromatic rings. The van der Waals surface area contributed by atoms with Gasteiger partial charge in [0, 0.05) is 35.9 Å². The van der Waals surface area contributed by atoms with Crippen LogP contribution in [0.1, 0.15) is 18.4 Å². The van der Waals surface area contributed by atoms with E-state index in [0.717, 1.165) is 0 Å². The number of amides is 1. The first-order valence-electron chi connectivity index (χ1n) is 7.63. The van der Waals surface area contributed by atoms with Crippen molar-refractivity contribution >= 4 is 29.6 Å². The van der Waals surface area contributed by atoms with Gasteiger partial charge >= 0.3 is 5.97 Å². The number of hydrogen-bond donors (Lipinski definition) is 1. The van der Waals surface area contributed by atoms with Crippen molar-refractivity contribution in [2.45, 2.75) is 18.9 Å². The molecule has 1 aromatic carbocycles. The highest BCUT2D eigenvalue weighted by atomic mass is 35.5. The second-order valence-corrected chi connectivity index (χ2v) is 5.86. The van der Waals surface area contributed by atoms with Gasteiger partial charge < -0.3 is 19.5 Å². The molecule has 130 valence electrons. The van der Waals surface area contributed by atoms with Crippen LogP contribution in [0.4, 0.5) is 0 Å². The lowest BCUT2D eigenvalue weighted by Crippen LogP contribution is -2.45. The van der Waals surface area contributed by atoms with E-state index in [0.29, 0.717) is 42.4 Å². The van der Waals surface area contributed by atoms with E-state index in [1.807, 2.05) is 0 Å². The Hall–Kier alpha value is -2.05. The molecule has 0 radical (unpaired) electrons. The molecule has 1 N–H and O–H groups in total. The number of carbonyl (C=O) groups excluding carboxylic acids is 1. The predicted molar refractivity (Wildman–Crippen MR) is 90.2 cm³/mol. The molecule has 1 aliphatic rings. The number of methoxy groups -OCH3 is 1. The molecule has 0 bridgehead atoms. The van der Waals surface area contributed by atoms with Gasteiger partial charge in [0.25, 0.3) is 0 Å². The van der Waals surface area contributed by atoms with Gasteiger partial charge in [-0.25, -0.2) is 0 Å². The van der Waals surface area contributed by atoms with Crippen LogP contribution in [0.15, 0.2) is 24.3 Å². The molecule has 24 heavy (non-hydrogen) atoms. The Morgan fingerprint density at radius 2 is 2.12 bits per heavy atom. The summed E-state index contributed by atoms with van der Waals surface area (Å²) in [7, 11) is 1.53. The van der Waals surface area contributed by atoms with Gasteiger partial charge in [0.2, 0.25) is 5.91 Å². The summed E-state index contributed by atoms with van der Waals surface area (Å²) in [6.45, 7) is 0.723. The van der Waals surface area contributed by atoms with Gasteiger partial charge in [-0.1, -0.05) is 11.6 Å². The van der Waals surface area contributed by atoms with Gasteiger partial charge in [0.05, 0.1) is 7.11 Å². The average Bonchev–Trinajstić information content (AvgIpc) is 2.58. The molecule has 0 saturated carbocycles. The quantitative estimate of drug-likeness (QED) is 0.795. The maximum absolute atomic E-state index is 12.5. The summed E-state index contributed by atoms with van der Waals surface area (Å²) in [6.07, 6.45) is 4.20. The lowest BCUT2D eigenvalue weighted by molar-refractivity contribution is -0.145. The molecule has 7 heteroatoms. The molecule has 1 aliphatic heterocycles. The molecule has 1 heterocycles. The summed E-state index contributed by atoms with van der Waals surface area (Å²) in [4.78, 5) is 25.0. The number of ether oxygens (including phenoxy) is 2. The van der Waals surface area contributed by atoms with Crippen LogP contribution in [-0.2, 0) is 14.3 Å². The smallest absolute Gasteiger partial charge is 0.323 e. The van der Waals surface area contributed by atoms with Gasteiger partial charge in [-0.3, -0.25) is 9.59 Å². The maximum atomic E-state index is 12.5. The lowest BCUT2D eigenvalue weighted by atomic mass is 10.1. The molecule has 6 nitrogen and oxygen atoms in total. The standard InChI is InChI=1S/C17H20ClNO5/c1-23-15-4-3-13(18)10-12(15)2-5-16(20)19(11-17(21)22)14-6-8-24-9-7-14/h2-5,10,14H,6-9,11H2,1H3,(H,21,22)/b5-2+. The molecule has 1 fully saturated rings. The lowest BCUT2D eigenvalue weighted by Gasteiger charge is -2.32. The van der Waals surface area contributed by atoms with Crippen LogP contribution in [0, 0.1) is 0 Å². The molecule has 0 spiro atoms. The van der Waals surface area contributed by atoms with E-state index in [1.54, 1.807) is 24.3 Å². The summed E-state index contributed by atoms with van der Waals surface area (Å²) in [5.74, 6) is -0.811. The van der Waals surface area contributed by atoms with Crippen molar-refractivity contribution < 1.29 is 24.2 Å². The monoisotopic (exact) mass is 353 g/mol. The number of carbonyl (C=O) groups is 2.